The maximum atomic E-state index is 5.05. The first kappa shape index (κ1) is 12.2. The summed E-state index contributed by atoms with van der Waals surface area (Å²) >= 11 is 0. The van der Waals surface area contributed by atoms with Crippen LogP contribution in [0.5, 0.6) is 0 Å². The molecule has 0 amide bonds. The molecule has 20 heavy (non-hydrogen) atoms. The third kappa shape index (κ3) is 2.09. The lowest BCUT2D eigenvalue weighted by Crippen LogP contribution is -2.40. The fourth-order valence-electron chi connectivity index (χ4n) is 3.84. The summed E-state index contributed by atoms with van der Waals surface area (Å²) in [6.07, 6.45) is 9.05. The molecule has 2 aliphatic heterocycles. The summed E-state index contributed by atoms with van der Waals surface area (Å²) in [5, 5.41) is 3.61. The third-order valence-electron chi connectivity index (χ3n) is 4.88. The van der Waals surface area contributed by atoms with Crippen molar-refractivity contribution in [2.75, 3.05) is 18.4 Å². The molecule has 106 valence electrons. The number of benzene rings is 1. The summed E-state index contributed by atoms with van der Waals surface area (Å²) in [4.78, 5) is 7.52. The number of likely N-dealkylation sites (tertiary alicyclic amines) is 1. The van der Waals surface area contributed by atoms with Crippen molar-refractivity contribution >= 4 is 11.6 Å². The minimum absolute atomic E-state index is 0.398. The monoisotopic (exact) mass is 269 g/mol. The quantitative estimate of drug-likeness (QED) is 0.777. The minimum atomic E-state index is 0.398. The van der Waals surface area contributed by atoms with Crippen LogP contribution in [0, 0.1) is 0 Å². The van der Waals surface area contributed by atoms with E-state index in [1.165, 1.54) is 61.8 Å². The number of hydrogen-bond acceptors (Lipinski definition) is 3. The van der Waals surface area contributed by atoms with Crippen molar-refractivity contribution in [3.63, 3.8) is 0 Å². The SMILES string of the molecule is c1cc2c3c(c1)NC(N1CCCCCC1)=NC3CCC2. The Labute approximate surface area is 121 Å². The Morgan fingerprint density at radius 3 is 2.75 bits per heavy atom. The van der Waals surface area contributed by atoms with E-state index >= 15 is 0 Å². The van der Waals surface area contributed by atoms with E-state index in [0.717, 1.165) is 19.0 Å². The maximum Gasteiger partial charge on any atom is 0.199 e. The molecule has 0 aromatic heterocycles. The zero-order chi connectivity index (χ0) is 13.4. The second kappa shape index (κ2) is 5.12. The van der Waals surface area contributed by atoms with E-state index in [0.29, 0.717) is 6.04 Å². The number of nitrogens with one attached hydrogen (secondary N) is 1. The fraction of sp³-hybridized carbons (Fsp3) is 0.588. The predicted molar refractivity (Wildman–Crippen MR) is 83.2 cm³/mol. The highest BCUT2D eigenvalue weighted by molar-refractivity contribution is 5.96. The highest BCUT2D eigenvalue weighted by Gasteiger charge is 2.28. The van der Waals surface area contributed by atoms with Crippen LogP contribution in [0.2, 0.25) is 0 Å². The molecule has 1 saturated heterocycles. The molecule has 1 aliphatic carbocycles. The Balaban J connectivity index is 1.66. The van der Waals surface area contributed by atoms with Crippen molar-refractivity contribution in [2.45, 2.75) is 51.0 Å². The van der Waals surface area contributed by atoms with Gasteiger partial charge < -0.3 is 10.2 Å². The Bertz CT molecular complexity index is 527. The Kier molecular flexibility index (Phi) is 3.13. The molecule has 1 fully saturated rings. The summed E-state index contributed by atoms with van der Waals surface area (Å²) in [5.74, 6) is 1.13. The summed E-state index contributed by atoms with van der Waals surface area (Å²) < 4.78 is 0. The van der Waals surface area contributed by atoms with Gasteiger partial charge in [-0.2, -0.15) is 0 Å². The van der Waals surface area contributed by atoms with Crippen LogP contribution in [0.4, 0.5) is 5.69 Å². The summed E-state index contributed by atoms with van der Waals surface area (Å²) in [5.41, 5.74) is 4.28. The van der Waals surface area contributed by atoms with Crippen molar-refractivity contribution in [1.29, 1.82) is 0 Å². The fourth-order valence-corrected chi connectivity index (χ4v) is 3.84. The molecule has 4 rings (SSSR count). The van der Waals surface area contributed by atoms with Crippen molar-refractivity contribution in [3.05, 3.63) is 29.3 Å². The van der Waals surface area contributed by atoms with Crippen molar-refractivity contribution < 1.29 is 0 Å². The van der Waals surface area contributed by atoms with Gasteiger partial charge in [0.1, 0.15) is 0 Å². The van der Waals surface area contributed by atoms with Crippen LogP contribution in [0.25, 0.3) is 0 Å². The molecule has 1 N–H and O–H groups in total. The highest BCUT2D eigenvalue weighted by atomic mass is 15.3. The van der Waals surface area contributed by atoms with Crippen LogP contribution in [0.15, 0.2) is 23.2 Å². The lowest BCUT2D eigenvalue weighted by Gasteiger charge is -2.34. The summed E-state index contributed by atoms with van der Waals surface area (Å²) in [6.45, 7) is 2.32. The standard InChI is InChI=1S/C17H23N3/c1-2-4-12-20(11-3-1)17-18-14-9-5-7-13-8-6-10-15(19-17)16(13)14/h5,7,9,15H,1-4,6,8,10-12H2,(H,18,19). The average molecular weight is 269 g/mol. The zero-order valence-electron chi connectivity index (χ0n) is 12.1. The second-order valence-corrected chi connectivity index (χ2v) is 6.27. The van der Waals surface area contributed by atoms with Gasteiger partial charge in [0.25, 0.3) is 0 Å². The molecule has 0 saturated carbocycles. The molecule has 1 aromatic carbocycles. The lowest BCUT2D eigenvalue weighted by molar-refractivity contribution is 0.424. The number of nitrogens with zero attached hydrogens (tertiary/aromatic N) is 2. The summed E-state index contributed by atoms with van der Waals surface area (Å²) in [6, 6.07) is 7.09. The zero-order valence-corrected chi connectivity index (χ0v) is 12.1. The van der Waals surface area contributed by atoms with Gasteiger partial charge in [-0.25, -0.2) is 4.99 Å². The number of aliphatic imine (C=N–C) groups is 1. The molecule has 0 radical (unpaired) electrons. The molecule has 0 bridgehead atoms. The van der Waals surface area contributed by atoms with E-state index in [1.807, 2.05) is 0 Å². The van der Waals surface area contributed by atoms with Crippen LogP contribution in [0.3, 0.4) is 0 Å². The second-order valence-electron chi connectivity index (χ2n) is 6.27. The van der Waals surface area contributed by atoms with E-state index in [2.05, 4.69) is 28.4 Å². The molecule has 1 aromatic rings. The van der Waals surface area contributed by atoms with E-state index < -0.39 is 0 Å². The number of anilines is 1. The first-order valence-electron chi connectivity index (χ1n) is 8.13. The number of guanidine groups is 1. The number of rotatable bonds is 0. The number of hydrogen-bond donors (Lipinski definition) is 1. The molecule has 3 aliphatic rings. The number of aryl methyl sites for hydroxylation is 1. The highest BCUT2D eigenvalue weighted by Crippen LogP contribution is 2.40. The first-order valence-corrected chi connectivity index (χ1v) is 8.13. The molecule has 0 spiro atoms. The molecule has 1 atom stereocenters. The third-order valence-corrected chi connectivity index (χ3v) is 4.88. The van der Waals surface area contributed by atoms with Gasteiger partial charge in [0, 0.05) is 24.3 Å². The molecular formula is C17H23N3. The van der Waals surface area contributed by atoms with Crippen LogP contribution in [-0.2, 0) is 6.42 Å². The maximum absolute atomic E-state index is 5.05. The lowest BCUT2D eigenvalue weighted by atomic mass is 9.86. The van der Waals surface area contributed by atoms with Gasteiger partial charge >= 0.3 is 0 Å². The molecule has 2 heterocycles. The molecule has 1 unspecified atom stereocenters. The van der Waals surface area contributed by atoms with Gasteiger partial charge in [0.2, 0.25) is 0 Å². The van der Waals surface area contributed by atoms with Gasteiger partial charge in [-0.05, 0) is 43.7 Å². The van der Waals surface area contributed by atoms with Crippen LogP contribution in [0.1, 0.15) is 55.7 Å². The van der Waals surface area contributed by atoms with Gasteiger partial charge in [-0.3, -0.25) is 0 Å². The molecule has 3 heteroatoms. The smallest absolute Gasteiger partial charge is 0.199 e. The van der Waals surface area contributed by atoms with Crippen LogP contribution >= 0.6 is 0 Å². The van der Waals surface area contributed by atoms with Gasteiger partial charge in [0.15, 0.2) is 5.96 Å². The van der Waals surface area contributed by atoms with Crippen molar-refractivity contribution in [3.8, 4) is 0 Å². The van der Waals surface area contributed by atoms with Crippen LogP contribution in [-0.4, -0.2) is 23.9 Å². The molecular weight excluding hydrogens is 246 g/mol. The van der Waals surface area contributed by atoms with E-state index in [1.54, 1.807) is 0 Å². The van der Waals surface area contributed by atoms with Gasteiger partial charge in [-0.1, -0.05) is 25.0 Å². The molecule has 3 nitrogen and oxygen atoms in total. The Morgan fingerprint density at radius 2 is 1.90 bits per heavy atom. The largest absolute Gasteiger partial charge is 0.343 e. The Morgan fingerprint density at radius 1 is 1.05 bits per heavy atom. The Hall–Kier alpha value is -1.51. The average Bonchev–Trinajstić information content (AvgIpc) is 2.77. The van der Waals surface area contributed by atoms with E-state index in [-0.39, 0.29) is 0 Å². The summed E-state index contributed by atoms with van der Waals surface area (Å²) in [7, 11) is 0. The predicted octanol–water partition coefficient (Wildman–Crippen LogP) is 3.72. The topological polar surface area (TPSA) is 27.6 Å². The van der Waals surface area contributed by atoms with Crippen molar-refractivity contribution in [1.82, 2.24) is 4.90 Å². The normalized spacial score (nSPS) is 25.3. The van der Waals surface area contributed by atoms with Gasteiger partial charge in [-0.15, -0.1) is 0 Å². The first-order chi connectivity index (χ1) is 9.92. The van der Waals surface area contributed by atoms with Gasteiger partial charge in [0.05, 0.1) is 6.04 Å². The van der Waals surface area contributed by atoms with Crippen molar-refractivity contribution in [2.24, 2.45) is 4.99 Å². The minimum Gasteiger partial charge on any atom is -0.343 e. The van der Waals surface area contributed by atoms with Crippen LogP contribution < -0.4 is 5.32 Å². The van der Waals surface area contributed by atoms with E-state index in [4.69, 9.17) is 4.99 Å². The van der Waals surface area contributed by atoms with E-state index in [9.17, 15) is 0 Å².